The summed E-state index contributed by atoms with van der Waals surface area (Å²) >= 11 is 0. The summed E-state index contributed by atoms with van der Waals surface area (Å²) in [5, 5.41) is 15.4. The molecule has 20 aromatic rings. The molecule has 6 heteroatoms. The van der Waals surface area contributed by atoms with E-state index in [-0.39, 0.29) is 24.2 Å². The van der Waals surface area contributed by atoms with Crippen LogP contribution in [0.2, 0.25) is 0 Å². The van der Waals surface area contributed by atoms with Gasteiger partial charge in [-0.25, -0.2) is 9.97 Å². The Morgan fingerprint density at radius 2 is 0.547 bits per heavy atom. The van der Waals surface area contributed by atoms with Gasteiger partial charge >= 0.3 is 0 Å². The summed E-state index contributed by atoms with van der Waals surface area (Å²) in [6.45, 7) is 1.64. The molecule has 0 unspecified atom stereocenters. The molecule has 0 radical (unpaired) electrons. The fourth-order valence-electron chi connectivity index (χ4n) is 14.9. The summed E-state index contributed by atoms with van der Waals surface area (Å²) in [6.07, 6.45) is 3.99. The van der Waals surface area contributed by atoms with Crippen LogP contribution in [-0.4, -0.2) is 28.7 Å². The quantitative estimate of drug-likeness (QED) is 0.123. The lowest BCUT2D eigenvalue weighted by Crippen LogP contribution is -1.93. The van der Waals surface area contributed by atoms with Gasteiger partial charge in [-0.1, -0.05) is 266 Å². The van der Waals surface area contributed by atoms with Gasteiger partial charge in [0, 0.05) is 55.8 Å². The lowest BCUT2D eigenvalue weighted by atomic mass is 9.85. The SMILES string of the molecule is [2H]c1c([2H])c(-c2c3ccccc3c(-c3ccc(-c4cc5c(cn4)c4ccccc4n4c6ccccc6nc54)cc3)c3ccccc23)c([2H])c([2H])c1C.c1ccc(-c2c3ccccc3c(-c3ccc(-c4cc5c(cn4)c4ccccc4n4c6ccccc6nc54)cc3)c3ccccc23)cc1. The Morgan fingerprint density at radius 1 is 0.253 bits per heavy atom. The van der Waals surface area contributed by atoms with E-state index in [2.05, 4.69) is 251 Å². The number of nitrogens with zero attached hydrogens (tertiary/aromatic N) is 6. The third-order valence-corrected chi connectivity index (χ3v) is 19.1. The van der Waals surface area contributed by atoms with Crippen molar-refractivity contribution >= 4 is 120 Å². The first kappa shape index (κ1) is 50.1. The van der Waals surface area contributed by atoms with Crippen LogP contribution in [0.3, 0.4) is 0 Å². The molecular weight excluding hydrogens is 1150 g/mol. The van der Waals surface area contributed by atoms with Crippen LogP contribution in [0.25, 0.3) is 187 Å². The number of pyridine rings is 4. The van der Waals surface area contributed by atoms with Gasteiger partial charge in [0.05, 0.1) is 50.0 Å². The van der Waals surface area contributed by atoms with E-state index < -0.39 is 0 Å². The van der Waals surface area contributed by atoms with Gasteiger partial charge < -0.3 is 0 Å². The highest BCUT2D eigenvalue weighted by molar-refractivity contribution is 6.23. The topological polar surface area (TPSA) is 60.4 Å². The maximum Gasteiger partial charge on any atom is 0.146 e. The predicted molar refractivity (Wildman–Crippen MR) is 398 cm³/mol. The number of hydrogen-bond donors (Lipinski definition) is 0. The van der Waals surface area contributed by atoms with E-state index in [0.717, 1.165) is 132 Å². The molecule has 14 aromatic carbocycles. The van der Waals surface area contributed by atoms with Gasteiger partial charge in [-0.15, -0.1) is 0 Å². The molecule has 0 aliphatic rings. The van der Waals surface area contributed by atoms with Gasteiger partial charge in [0.1, 0.15) is 11.3 Å². The Kier molecular flexibility index (Phi) is 11.5. The summed E-state index contributed by atoms with van der Waals surface area (Å²) in [5.41, 5.74) is 20.5. The molecule has 442 valence electrons. The standard InChI is InChI=1S/C45H29N3.C44H27N3/c1-28-18-20-30(21-19-28)43-33-11-2-4-13-35(33)44(36-14-5-3-12-34(36)43)31-24-22-29(23-25-31)40-26-37-38(27-46-40)32-10-6-8-16-41(32)48-42-17-9-7-15-39(42)47-45(37)48;1-2-12-29(13-3-1)42-32-15-4-6-17-34(32)43(35-18-7-5-16-33(35)42)30-24-22-28(23-25-30)39-26-36-37(27-45-39)31-14-8-10-20-40(31)47-41-21-11-9-19-38(41)46-44(36)47/h2-27H,1H3;1-27H/i18D,19D,20D,21D;. The summed E-state index contributed by atoms with van der Waals surface area (Å²) in [7, 11) is 0. The average Bonchev–Trinajstić information content (AvgIpc) is 1.72. The van der Waals surface area contributed by atoms with E-state index in [1.807, 2.05) is 54.9 Å². The lowest BCUT2D eigenvalue weighted by Gasteiger charge is -2.18. The normalized spacial score (nSPS) is 12.4. The Bertz CT molecular complexity index is 6640. The molecule has 0 saturated carbocycles. The molecule has 0 N–H and O–H groups in total. The minimum absolute atomic E-state index is 0.0129. The van der Waals surface area contributed by atoms with Crippen molar-refractivity contribution in [2.45, 2.75) is 6.92 Å². The first-order valence-electron chi connectivity index (χ1n) is 34.1. The maximum atomic E-state index is 8.95. The minimum atomic E-state index is -0.0254. The summed E-state index contributed by atoms with van der Waals surface area (Å²) in [4.78, 5) is 20.2. The number of benzene rings is 14. The van der Waals surface area contributed by atoms with Crippen molar-refractivity contribution in [3.63, 3.8) is 0 Å². The van der Waals surface area contributed by atoms with E-state index in [1.165, 1.54) is 49.2 Å². The van der Waals surface area contributed by atoms with Gasteiger partial charge in [-0.05, 0) is 143 Å². The third-order valence-electron chi connectivity index (χ3n) is 19.1. The first-order valence-corrected chi connectivity index (χ1v) is 32.1. The van der Waals surface area contributed by atoms with Crippen LogP contribution in [0.4, 0.5) is 0 Å². The van der Waals surface area contributed by atoms with Crippen molar-refractivity contribution in [1.82, 2.24) is 28.7 Å². The summed E-state index contributed by atoms with van der Waals surface area (Å²) in [5.74, 6) is 0. The van der Waals surface area contributed by atoms with Crippen molar-refractivity contribution in [2.75, 3.05) is 0 Å². The third kappa shape index (κ3) is 8.65. The van der Waals surface area contributed by atoms with Gasteiger partial charge in [-0.2, -0.15) is 0 Å². The number of aromatic nitrogens is 6. The molecule has 20 rings (SSSR count). The van der Waals surface area contributed by atoms with Gasteiger partial charge in [-0.3, -0.25) is 18.8 Å². The van der Waals surface area contributed by atoms with Crippen LogP contribution in [0.5, 0.6) is 0 Å². The summed E-state index contributed by atoms with van der Waals surface area (Å²) in [6, 6.07) is 99.7. The number of imidazole rings is 2. The van der Waals surface area contributed by atoms with E-state index in [0.29, 0.717) is 11.1 Å². The second-order valence-electron chi connectivity index (χ2n) is 24.5. The molecule has 0 fully saturated rings. The van der Waals surface area contributed by atoms with Crippen molar-refractivity contribution < 1.29 is 5.48 Å². The Balaban J connectivity index is 0.000000139. The Hall–Kier alpha value is -12.6. The van der Waals surface area contributed by atoms with Crippen molar-refractivity contribution in [3.8, 4) is 67.0 Å². The molecule has 0 saturated heterocycles. The van der Waals surface area contributed by atoms with Gasteiger partial charge in [0.25, 0.3) is 0 Å². The zero-order valence-electron chi connectivity index (χ0n) is 55.5. The maximum absolute atomic E-state index is 8.95. The lowest BCUT2D eigenvalue weighted by molar-refractivity contribution is 1.30. The van der Waals surface area contributed by atoms with Crippen LogP contribution in [0, 0.1) is 6.92 Å². The molecule has 0 spiro atoms. The molecule has 0 bridgehead atoms. The zero-order chi connectivity index (χ0) is 66.1. The second kappa shape index (κ2) is 21.8. The van der Waals surface area contributed by atoms with E-state index in [9.17, 15) is 0 Å². The molecule has 6 aromatic heterocycles. The van der Waals surface area contributed by atoms with Crippen LogP contribution in [-0.2, 0) is 0 Å². The fourth-order valence-corrected chi connectivity index (χ4v) is 14.9. The largest absolute Gasteiger partial charge is 0.292 e. The number of fused-ring (bicyclic) bond motifs is 20. The molecule has 0 atom stereocenters. The monoisotopic (exact) mass is 1210 g/mol. The highest BCUT2D eigenvalue weighted by Gasteiger charge is 2.21. The van der Waals surface area contributed by atoms with Crippen molar-refractivity contribution in [3.05, 3.63) is 327 Å². The van der Waals surface area contributed by atoms with Crippen LogP contribution in [0.1, 0.15) is 11.0 Å². The predicted octanol–water partition coefficient (Wildman–Crippen LogP) is 23.3. The smallest absolute Gasteiger partial charge is 0.146 e. The van der Waals surface area contributed by atoms with Crippen LogP contribution in [0.15, 0.2) is 322 Å². The molecule has 95 heavy (non-hydrogen) atoms. The number of rotatable bonds is 6. The Morgan fingerprint density at radius 3 is 0.926 bits per heavy atom. The molecule has 0 aliphatic heterocycles. The molecular formula is C89H56N6. The number of hydrogen-bond acceptors (Lipinski definition) is 4. The van der Waals surface area contributed by atoms with E-state index >= 15 is 0 Å². The van der Waals surface area contributed by atoms with Gasteiger partial charge in [0.2, 0.25) is 0 Å². The average molecular weight is 1210 g/mol. The Labute approximate surface area is 552 Å². The highest BCUT2D eigenvalue weighted by Crippen LogP contribution is 2.47. The molecule has 0 amide bonds. The zero-order valence-corrected chi connectivity index (χ0v) is 51.5. The van der Waals surface area contributed by atoms with Crippen molar-refractivity contribution in [1.29, 1.82) is 0 Å². The number of para-hydroxylation sites is 6. The van der Waals surface area contributed by atoms with Crippen molar-refractivity contribution in [2.24, 2.45) is 0 Å². The molecule has 0 aliphatic carbocycles. The first-order chi connectivity index (χ1) is 48.7. The van der Waals surface area contributed by atoms with E-state index in [1.54, 1.807) is 6.92 Å². The van der Waals surface area contributed by atoms with Crippen LogP contribution < -0.4 is 0 Å². The van der Waals surface area contributed by atoms with Crippen LogP contribution >= 0.6 is 0 Å². The summed E-state index contributed by atoms with van der Waals surface area (Å²) < 4.78 is 39.6. The second-order valence-corrected chi connectivity index (χ2v) is 24.5. The highest BCUT2D eigenvalue weighted by atomic mass is 15.0. The minimum Gasteiger partial charge on any atom is -0.292 e. The molecule has 6 heterocycles. The van der Waals surface area contributed by atoms with Gasteiger partial charge in [0.15, 0.2) is 0 Å². The fraction of sp³-hybridized carbons (Fsp3) is 0.0112. The molecule has 6 nitrogen and oxygen atoms in total. The van der Waals surface area contributed by atoms with E-state index in [4.69, 9.17) is 25.4 Å².